The Morgan fingerprint density at radius 2 is 2.00 bits per heavy atom. The van der Waals surface area contributed by atoms with Gasteiger partial charge in [0.1, 0.15) is 12.4 Å². The molecule has 3 rings (SSSR count). The zero-order valence-corrected chi connectivity index (χ0v) is 18.3. The summed E-state index contributed by atoms with van der Waals surface area (Å²) in [6, 6.07) is 14.6. The van der Waals surface area contributed by atoms with Gasteiger partial charge in [0.05, 0.1) is 11.8 Å². The lowest BCUT2D eigenvalue weighted by Gasteiger charge is -2.10. The number of hydrazone groups is 1. The summed E-state index contributed by atoms with van der Waals surface area (Å²) in [4.78, 5) is 13.4. The van der Waals surface area contributed by atoms with E-state index in [0.29, 0.717) is 33.9 Å². The Morgan fingerprint density at radius 1 is 1.21 bits per heavy atom. The molecule has 1 N–H and O–H groups in total. The molecule has 150 valence electrons. The first kappa shape index (κ1) is 21.4. The number of halogens is 2. The normalized spacial score (nSPS) is 11.2. The van der Waals surface area contributed by atoms with Gasteiger partial charge in [-0.3, -0.25) is 4.79 Å². The Kier molecular flexibility index (Phi) is 7.31. The fourth-order valence-corrected chi connectivity index (χ4v) is 3.88. The third-order valence-corrected chi connectivity index (χ3v) is 5.96. The highest BCUT2D eigenvalue weighted by Crippen LogP contribution is 2.24. The minimum atomic E-state index is -0.240. The summed E-state index contributed by atoms with van der Waals surface area (Å²) in [6.07, 6.45) is 1.56. The zero-order valence-electron chi connectivity index (χ0n) is 16.0. The van der Waals surface area contributed by atoms with E-state index < -0.39 is 0 Å². The van der Waals surface area contributed by atoms with E-state index in [4.69, 9.17) is 27.9 Å². The van der Waals surface area contributed by atoms with E-state index >= 15 is 0 Å². The zero-order chi connectivity index (χ0) is 20.8. The highest BCUT2D eigenvalue weighted by molar-refractivity contribution is 7.10. The number of hydrogen-bond donors (Lipinski definition) is 1. The highest BCUT2D eigenvalue weighted by Gasteiger charge is 2.10. The molecule has 7 heteroatoms. The molecule has 0 fully saturated rings. The number of nitrogens with zero attached hydrogens (tertiary/aromatic N) is 1. The van der Waals surface area contributed by atoms with Crippen molar-refractivity contribution < 1.29 is 9.53 Å². The number of hydrogen-bond acceptors (Lipinski definition) is 4. The van der Waals surface area contributed by atoms with Crippen molar-refractivity contribution in [3.05, 3.63) is 85.5 Å². The molecule has 0 aliphatic rings. The Morgan fingerprint density at radius 3 is 2.72 bits per heavy atom. The number of nitrogens with one attached hydrogen (secondary N) is 1. The van der Waals surface area contributed by atoms with Crippen LogP contribution < -0.4 is 10.2 Å². The maximum atomic E-state index is 12.3. The SMILES string of the molecule is CC(C)c1cc(C(=O)N/N=C\c2ccccc2OCc2ccc(Cl)cc2Cl)cs1. The van der Waals surface area contributed by atoms with Gasteiger partial charge in [-0.25, -0.2) is 5.43 Å². The van der Waals surface area contributed by atoms with Crippen molar-refractivity contribution in [1.29, 1.82) is 0 Å². The molecule has 0 radical (unpaired) electrons. The monoisotopic (exact) mass is 446 g/mol. The number of para-hydroxylation sites is 1. The van der Waals surface area contributed by atoms with Gasteiger partial charge >= 0.3 is 0 Å². The van der Waals surface area contributed by atoms with Crippen molar-refractivity contribution in [2.24, 2.45) is 5.10 Å². The lowest BCUT2D eigenvalue weighted by molar-refractivity contribution is 0.0955. The van der Waals surface area contributed by atoms with Crippen LogP contribution in [-0.2, 0) is 6.61 Å². The van der Waals surface area contributed by atoms with Crippen LogP contribution in [0.25, 0.3) is 0 Å². The van der Waals surface area contributed by atoms with E-state index in [-0.39, 0.29) is 5.91 Å². The minimum absolute atomic E-state index is 0.240. The summed E-state index contributed by atoms with van der Waals surface area (Å²) in [6.45, 7) is 4.49. The van der Waals surface area contributed by atoms with Crippen LogP contribution in [-0.4, -0.2) is 12.1 Å². The average Bonchev–Trinajstić information content (AvgIpc) is 3.19. The fourth-order valence-electron chi connectivity index (χ4n) is 2.51. The van der Waals surface area contributed by atoms with E-state index in [9.17, 15) is 4.79 Å². The Balaban J connectivity index is 1.64. The topological polar surface area (TPSA) is 50.7 Å². The number of ether oxygens (including phenoxy) is 1. The Bertz CT molecular complexity index is 1030. The maximum Gasteiger partial charge on any atom is 0.272 e. The first-order valence-electron chi connectivity index (χ1n) is 9.01. The molecule has 0 saturated heterocycles. The number of carbonyl (C=O) groups excluding carboxylic acids is 1. The summed E-state index contributed by atoms with van der Waals surface area (Å²) in [5, 5.41) is 7.04. The van der Waals surface area contributed by atoms with Crippen LogP contribution in [0.5, 0.6) is 5.75 Å². The van der Waals surface area contributed by atoms with Gasteiger partial charge in [-0.2, -0.15) is 5.10 Å². The second kappa shape index (κ2) is 9.92. The Hall–Kier alpha value is -2.34. The first-order valence-corrected chi connectivity index (χ1v) is 10.6. The second-order valence-corrected chi connectivity index (χ2v) is 8.44. The first-order chi connectivity index (χ1) is 13.9. The lowest BCUT2D eigenvalue weighted by Crippen LogP contribution is -2.16. The third-order valence-electron chi connectivity index (χ3n) is 4.14. The number of rotatable bonds is 7. The van der Waals surface area contributed by atoms with Crippen molar-refractivity contribution >= 4 is 46.7 Å². The summed E-state index contributed by atoms with van der Waals surface area (Å²) in [7, 11) is 0. The standard InChI is InChI=1S/C22H20Cl2N2O2S/c1-14(2)21-9-17(13-29-21)22(27)26-25-11-15-5-3-4-6-20(15)28-12-16-7-8-18(23)10-19(16)24/h3-11,13-14H,12H2,1-2H3,(H,26,27)/b25-11-. The smallest absolute Gasteiger partial charge is 0.272 e. The number of carbonyl (C=O) groups is 1. The molecule has 1 amide bonds. The van der Waals surface area contributed by atoms with Gasteiger partial charge in [0.25, 0.3) is 5.91 Å². The van der Waals surface area contributed by atoms with Crippen molar-refractivity contribution in [3.63, 3.8) is 0 Å². The molecule has 0 atom stereocenters. The molecule has 1 aromatic heterocycles. The molecular formula is C22H20Cl2N2O2S. The molecule has 0 bridgehead atoms. The van der Waals surface area contributed by atoms with Crippen LogP contribution in [0.2, 0.25) is 10.0 Å². The summed E-state index contributed by atoms with van der Waals surface area (Å²) in [5.74, 6) is 0.785. The van der Waals surface area contributed by atoms with E-state index in [1.807, 2.05) is 41.8 Å². The highest BCUT2D eigenvalue weighted by atomic mass is 35.5. The van der Waals surface area contributed by atoms with E-state index in [1.54, 1.807) is 29.7 Å². The molecule has 1 heterocycles. The summed E-state index contributed by atoms with van der Waals surface area (Å²) < 4.78 is 5.89. The predicted octanol–water partition coefficient (Wildman–Crippen LogP) is 6.52. The number of benzene rings is 2. The van der Waals surface area contributed by atoms with Gasteiger partial charge in [-0.1, -0.05) is 55.2 Å². The molecule has 0 unspecified atom stereocenters. The number of amides is 1. The molecule has 0 spiro atoms. The van der Waals surface area contributed by atoms with Gasteiger partial charge in [0.2, 0.25) is 0 Å². The molecular weight excluding hydrogens is 427 g/mol. The van der Waals surface area contributed by atoms with Gasteiger partial charge in [-0.15, -0.1) is 11.3 Å². The van der Waals surface area contributed by atoms with Crippen LogP contribution in [0.3, 0.4) is 0 Å². The molecule has 0 aliphatic carbocycles. The Labute approximate surface area is 184 Å². The van der Waals surface area contributed by atoms with Gasteiger partial charge in [0.15, 0.2) is 0 Å². The van der Waals surface area contributed by atoms with Gasteiger partial charge in [-0.05, 0) is 36.2 Å². The van der Waals surface area contributed by atoms with Crippen molar-refractivity contribution in [1.82, 2.24) is 5.43 Å². The summed E-state index contributed by atoms with van der Waals surface area (Å²) >= 11 is 13.7. The van der Waals surface area contributed by atoms with Crippen LogP contribution >= 0.6 is 34.5 Å². The van der Waals surface area contributed by atoms with Crippen LogP contribution in [0, 0.1) is 0 Å². The lowest BCUT2D eigenvalue weighted by atomic mass is 10.1. The molecule has 0 saturated carbocycles. The molecule has 0 aliphatic heterocycles. The molecule has 2 aromatic carbocycles. The van der Waals surface area contributed by atoms with Crippen LogP contribution in [0.4, 0.5) is 0 Å². The largest absolute Gasteiger partial charge is 0.488 e. The predicted molar refractivity (Wildman–Crippen MR) is 121 cm³/mol. The van der Waals surface area contributed by atoms with Crippen molar-refractivity contribution in [2.45, 2.75) is 26.4 Å². The van der Waals surface area contributed by atoms with Gasteiger partial charge in [0, 0.05) is 31.4 Å². The maximum absolute atomic E-state index is 12.3. The second-order valence-electron chi connectivity index (χ2n) is 6.65. The van der Waals surface area contributed by atoms with Crippen molar-refractivity contribution in [3.8, 4) is 5.75 Å². The fraction of sp³-hybridized carbons (Fsp3) is 0.182. The average molecular weight is 447 g/mol. The molecule has 29 heavy (non-hydrogen) atoms. The third kappa shape index (κ3) is 5.82. The van der Waals surface area contributed by atoms with Gasteiger partial charge < -0.3 is 4.74 Å². The molecule has 3 aromatic rings. The van der Waals surface area contributed by atoms with E-state index in [0.717, 1.165) is 11.1 Å². The van der Waals surface area contributed by atoms with Crippen LogP contribution in [0.15, 0.2) is 59.0 Å². The van der Waals surface area contributed by atoms with E-state index in [1.165, 1.54) is 4.88 Å². The van der Waals surface area contributed by atoms with Crippen LogP contribution in [0.1, 0.15) is 46.1 Å². The minimum Gasteiger partial charge on any atom is -0.488 e. The molecule has 4 nitrogen and oxygen atoms in total. The van der Waals surface area contributed by atoms with Crippen molar-refractivity contribution in [2.75, 3.05) is 0 Å². The van der Waals surface area contributed by atoms with E-state index in [2.05, 4.69) is 24.4 Å². The quantitative estimate of drug-likeness (QED) is 0.331. The number of thiophene rings is 1. The summed E-state index contributed by atoms with van der Waals surface area (Å²) in [5.41, 5.74) is 4.74.